The van der Waals surface area contributed by atoms with Gasteiger partial charge in [0.25, 0.3) is 0 Å². The van der Waals surface area contributed by atoms with Crippen molar-refractivity contribution in [2.24, 2.45) is 11.3 Å². The van der Waals surface area contributed by atoms with Gasteiger partial charge in [-0.05, 0) is 61.3 Å². The molecule has 3 rings (SSSR count). The normalized spacial score (nSPS) is 18.6. The second-order valence-corrected chi connectivity index (χ2v) is 13.9. The molecule has 34 heavy (non-hydrogen) atoms. The molecule has 0 saturated heterocycles. The Labute approximate surface area is 207 Å². The van der Waals surface area contributed by atoms with E-state index in [0.29, 0.717) is 17.3 Å². The van der Waals surface area contributed by atoms with Gasteiger partial charge >= 0.3 is 12.1 Å². The Kier molecular flexibility index (Phi) is 9.08. The molecule has 0 radical (unpaired) electrons. The molecule has 0 atom stereocenters. The summed E-state index contributed by atoms with van der Waals surface area (Å²) in [6.07, 6.45) is 1.35. The molecule has 1 aliphatic carbocycles. The van der Waals surface area contributed by atoms with E-state index in [-0.39, 0.29) is 11.1 Å². The second kappa shape index (κ2) is 11.8. The zero-order chi connectivity index (χ0) is 24.6. The number of amides is 4. The fraction of sp³-hybridized carbons (Fsp3) is 0.417. The Morgan fingerprint density at radius 2 is 1.18 bits per heavy atom. The van der Waals surface area contributed by atoms with Gasteiger partial charge in [0.2, 0.25) is 0 Å². The van der Waals surface area contributed by atoms with Gasteiger partial charge in [0.1, 0.15) is 6.34 Å². The summed E-state index contributed by atoms with van der Waals surface area (Å²) >= 11 is 6.02. The van der Waals surface area contributed by atoms with Crippen LogP contribution in [0, 0.1) is 11.3 Å². The second-order valence-electron chi connectivity index (χ2n) is 9.64. The summed E-state index contributed by atoms with van der Waals surface area (Å²) in [6, 6.07) is 17.5. The summed E-state index contributed by atoms with van der Waals surface area (Å²) in [5.41, 5.74) is 7.11. The number of carbonyl (C=O) groups excluding carboxylic acids is 2. The van der Waals surface area contributed by atoms with Crippen molar-refractivity contribution in [1.29, 1.82) is 0 Å². The molecular weight excluding hydrogens is 467 g/mol. The van der Waals surface area contributed by atoms with Crippen LogP contribution in [0.5, 0.6) is 0 Å². The molecule has 0 spiro atoms. The minimum atomic E-state index is -2.60. The molecule has 0 heterocycles. The Balaban J connectivity index is 1.63. The Bertz CT molecular complexity index is 930. The van der Waals surface area contributed by atoms with Crippen LogP contribution in [0.2, 0.25) is 0 Å². The summed E-state index contributed by atoms with van der Waals surface area (Å²) in [6.45, 7) is 6.82. The number of nitrogens with one attached hydrogen (secondary N) is 6. The highest BCUT2D eigenvalue weighted by Crippen LogP contribution is 2.51. The number of urea groups is 2. The van der Waals surface area contributed by atoms with Crippen molar-refractivity contribution in [3.8, 4) is 0 Å². The van der Waals surface area contributed by atoms with Gasteiger partial charge in [-0.2, -0.15) is 10.4 Å². The van der Waals surface area contributed by atoms with E-state index >= 15 is 0 Å². The number of hydrogen-bond acceptors (Lipinski definition) is 3. The monoisotopic (exact) mass is 502 g/mol. The third kappa shape index (κ3) is 7.81. The molecule has 8 nitrogen and oxygen atoms in total. The fourth-order valence-electron chi connectivity index (χ4n) is 4.15. The molecular formula is C24H35N6O2PS. The lowest BCUT2D eigenvalue weighted by Crippen LogP contribution is -2.49. The maximum Gasteiger partial charge on any atom is 0.333 e. The molecule has 6 N–H and O–H groups in total. The Morgan fingerprint density at radius 1 is 0.765 bits per heavy atom. The van der Waals surface area contributed by atoms with Crippen LogP contribution in [-0.2, 0) is 11.8 Å². The summed E-state index contributed by atoms with van der Waals surface area (Å²) in [5, 5.41) is 11.7. The topological polar surface area (TPSA) is 106 Å². The highest BCUT2D eigenvalue weighted by Gasteiger charge is 2.36. The first-order valence-corrected chi connectivity index (χ1v) is 14.4. The van der Waals surface area contributed by atoms with Crippen molar-refractivity contribution in [2.75, 3.05) is 10.6 Å². The molecule has 0 aromatic heterocycles. The van der Waals surface area contributed by atoms with Gasteiger partial charge in [0.05, 0.1) is 0 Å². The van der Waals surface area contributed by atoms with Crippen LogP contribution in [0.3, 0.4) is 0 Å². The van der Waals surface area contributed by atoms with E-state index in [1.165, 1.54) is 0 Å². The third-order valence-electron chi connectivity index (χ3n) is 6.17. The SMILES string of the molecule is CC(C)(C)C1CCC(P(=S)(NNC(=O)Nc2ccccc2)NNC(=O)Nc2ccccc2)CC1. The first-order chi connectivity index (χ1) is 16.2. The first kappa shape index (κ1) is 26.2. The highest BCUT2D eigenvalue weighted by molar-refractivity contribution is 8.13. The van der Waals surface area contributed by atoms with Crippen LogP contribution in [0.1, 0.15) is 46.5 Å². The predicted molar refractivity (Wildman–Crippen MR) is 143 cm³/mol. The van der Waals surface area contributed by atoms with Gasteiger partial charge in [-0.15, -0.1) is 0 Å². The first-order valence-electron chi connectivity index (χ1n) is 11.5. The molecule has 1 saturated carbocycles. The average Bonchev–Trinajstić information content (AvgIpc) is 2.82. The van der Waals surface area contributed by atoms with Crippen molar-refractivity contribution in [1.82, 2.24) is 21.2 Å². The van der Waals surface area contributed by atoms with Crippen molar-refractivity contribution in [3.05, 3.63) is 60.7 Å². The fourth-order valence-corrected chi connectivity index (χ4v) is 7.04. The van der Waals surface area contributed by atoms with Gasteiger partial charge in [0, 0.05) is 17.0 Å². The van der Waals surface area contributed by atoms with Gasteiger partial charge in [-0.25, -0.2) is 9.59 Å². The van der Waals surface area contributed by atoms with E-state index in [2.05, 4.69) is 52.6 Å². The van der Waals surface area contributed by atoms with Crippen molar-refractivity contribution in [3.63, 3.8) is 0 Å². The van der Waals surface area contributed by atoms with Gasteiger partial charge in [-0.3, -0.25) is 10.9 Å². The zero-order valence-corrected chi connectivity index (χ0v) is 21.6. The number of carbonyl (C=O) groups is 2. The van der Waals surface area contributed by atoms with Crippen molar-refractivity contribution in [2.45, 2.75) is 52.1 Å². The Morgan fingerprint density at radius 3 is 1.56 bits per heavy atom. The third-order valence-corrected chi connectivity index (χ3v) is 10.0. The van der Waals surface area contributed by atoms with E-state index in [4.69, 9.17) is 11.8 Å². The summed E-state index contributed by atoms with van der Waals surface area (Å²) in [4.78, 5) is 24.9. The maximum atomic E-state index is 12.5. The molecule has 1 fully saturated rings. The van der Waals surface area contributed by atoms with Gasteiger partial charge < -0.3 is 10.6 Å². The molecule has 4 amide bonds. The van der Waals surface area contributed by atoms with Crippen LogP contribution < -0.4 is 31.9 Å². The minimum Gasteiger partial charge on any atom is -0.307 e. The van der Waals surface area contributed by atoms with E-state index in [9.17, 15) is 9.59 Å². The van der Waals surface area contributed by atoms with Crippen LogP contribution in [0.25, 0.3) is 0 Å². The van der Waals surface area contributed by atoms with Crippen molar-refractivity contribution >= 4 is 41.6 Å². The molecule has 0 bridgehead atoms. The number of benzene rings is 2. The summed E-state index contributed by atoms with van der Waals surface area (Å²) in [7, 11) is 0. The van der Waals surface area contributed by atoms with Gasteiger partial charge in [0.15, 0.2) is 0 Å². The molecule has 0 aliphatic heterocycles. The van der Waals surface area contributed by atoms with E-state index < -0.39 is 18.4 Å². The summed E-state index contributed by atoms with van der Waals surface area (Å²) < 4.78 is 0. The lowest BCUT2D eigenvalue weighted by Gasteiger charge is -2.41. The molecule has 1 aliphatic rings. The van der Waals surface area contributed by atoms with E-state index in [0.717, 1.165) is 25.7 Å². The maximum absolute atomic E-state index is 12.5. The smallest absolute Gasteiger partial charge is 0.307 e. The molecule has 2 aromatic carbocycles. The zero-order valence-electron chi connectivity index (χ0n) is 19.9. The molecule has 2 aromatic rings. The Hall–Kier alpha value is -2.45. The molecule has 10 heteroatoms. The largest absolute Gasteiger partial charge is 0.333 e. The van der Waals surface area contributed by atoms with Crippen LogP contribution in [0.15, 0.2) is 60.7 Å². The number of anilines is 2. The quantitative estimate of drug-likeness (QED) is 0.220. The molecule has 184 valence electrons. The van der Waals surface area contributed by atoms with E-state index in [1.54, 1.807) is 24.3 Å². The number of rotatable bonds is 7. The minimum absolute atomic E-state index is 0.121. The van der Waals surface area contributed by atoms with Gasteiger partial charge in [-0.1, -0.05) is 69.0 Å². The lowest BCUT2D eigenvalue weighted by atomic mass is 9.72. The van der Waals surface area contributed by atoms with Crippen LogP contribution in [0.4, 0.5) is 21.0 Å². The highest BCUT2D eigenvalue weighted by atomic mass is 32.4. The summed E-state index contributed by atoms with van der Waals surface area (Å²) in [5.74, 6) is 0.621. The lowest BCUT2D eigenvalue weighted by molar-refractivity contribution is 0.181. The number of para-hydroxylation sites is 2. The number of hydrazine groups is 2. The standard InChI is InChI=1S/C24H35N6O2PS/c1-24(2,3)18-14-16-21(17-15-18)33(34,29-27-22(31)25-19-10-6-4-7-11-19)30-28-23(32)26-20-12-8-5-9-13-20/h4-13,18,21H,14-17H2,1-3H3,(H2,25,27,31)(H2,26,28,32)(H2,29,30,34). The average molecular weight is 503 g/mol. The van der Waals surface area contributed by atoms with Crippen LogP contribution >= 0.6 is 6.34 Å². The predicted octanol–water partition coefficient (Wildman–Crippen LogP) is 5.55. The number of hydrogen-bond donors (Lipinski definition) is 6. The van der Waals surface area contributed by atoms with Crippen LogP contribution in [-0.4, -0.2) is 17.7 Å². The van der Waals surface area contributed by atoms with Crippen molar-refractivity contribution < 1.29 is 9.59 Å². The molecule has 0 unspecified atom stereocenters. The van der Waals surface area contributed by atoms with E-state index in [1.807, 2.05) is 36.4 Å².